The Morgan fingerprint density at radius 1 is 1.00 bits per heavy atom. The normalized spacial score (nSPS) is 12.4. The largest absolute Gasteiger partial charge is 0.369 e. The van der Waals surface area contributed by atoms with Gasteiger partial charge in [-0.3, -0.25) is 0 Å². The molecule has 1 nitrogen and oxygen atoms in total. The van der Waals surface area contributed by atoms with Crippen LogP contribution in [0, 0.1) is 5.82 Å². The first kappa shape index (κ1) is 11.8. The first-order valence-electron chi connectivity index (χ1n) is 5.74. The van der Waals surface area contributed by atoms with Gasteiger partial charge in [-0.05, 0) is 18.6 Å². The van der Waals surface area contributed by atoms with Crippen molar-refractivity contribution in [3.8, 4) is 0 Å². The minimum absolute atomic E-state index is 0.227. The summed E-state index contributed by atoms with van der Waals surface area (Å²) in [5.41, 5.74) is 1.56. The monoisotopic (exact) mass is 230 g/mol. The molecule has 0 amide bonds. The Bertz CT molecular complexity index is 467. The molecule has 17 heavy (non-hydrogen) atoms. The first-order chi connectivity index (χ1) is 8.33. The predicted molar refractivity (Wildman–Crippen MR) is 66.3 cm³/mol. The minimum atomic E-state index is -0.331. The third-order valence-electron chi connectivity index (χ3n) is 2.62. The van der Waals surface area contributed by atoms with E-state index < -0.39 is 0 Å². The first-order valence-corrected chi connectivity index (χ1v) is 5.74. The van der Waals surface area contributed by atoms with Crippen LogP contribution in [0.4, 0.5) is 4.39 Å². The van der Waals surface area contributed by atoms with E-state index >= 15 is 0 Å². The summed E-state index contributed by atoms with van der Waals surface area (Å²) < 4.78 is 19.4. The maximum absolute atomic E-state index is 13.8. The lowest BCUT2D eigenvalue weighted by Gasteiger charge is -2.18. The summed E-state index contributed by atoms with van der Waals surface area (Å²) in [5.74, 6) is -0.227. The molecule has 1 unspecified atom stereocenters. The van der Waals surface area contributed by atoms with Gasteiger partial charge in [-0.1, -0.05) is 48.5 Å². The van der Waals surface area contributed by atoms with E-state index in [1.165, 1.54) is 6.07 Å². The Hall–Kier alpha value is -1.67. The van der Waals surface area contributed by atoms with Crippen LogP contribution in [-0.4, -0.2) is 6.61 Å². The summed E-state index contributed by atoms with van der Waals surface area (Å²) in [6.45, 7) is 2.46. The van der Waals surface area contributed by atoms with Crippen LogP contribution in [0.1, 0.15) is 24.2 Å². The molecule has 1 atom stereocenters. The molecule has 0 aliphatic rings. The van der Waals surface area contributed by atoms with Crippen LogP contribution in [0.2, 0.25) is 0 Å². The molecule has 0 aromatic heterocycles. The second kappa shape index (κ2) is 5.60. The van der Waals surface area contributed by atoms with E-state index in [-0.39, 0.29) is 11.9 Å². The van der Waals surface area contributed by atoms with Crippen molar-refractivity contribution in [3.05, 3.63) is 71.5 Å². The van der Waals surface area contributed by atoms with Crippen molar-refractivity contribution >= 4 is 0 Å². The molecule has 0 bridgehead atoms. The molecular formula is C15H15FO. The highest BCUT2D eigenvalue weighted by atomic mass is 19.1. The van der Waals surface area contributed by atoms with Crippen LogP contribution in [-0.2, 0) is 4.74 Å². The summed E-state index contributed by atoms with van der Waals surface area (Å²) >= 11 is 0. The SMILES string of the molecule is CCOC(c1ccccc1)c1ccccc1F. The Morgan fingerprint density at radius 3 is 2.29 bits per heavy atom. The Balaban J connectivity index is 2.39. The number of ether oxygens (including phenoxy) is 1. The van der Waals surface area contributed by atoms with Crippen LogP contribution in [0.3, 0.4) is 0 Å². The van der Waals surface area contributed by atoms with Crippen molar-refractivity contribution in [2.45, 2.75) is 13.0 Å². The fraction of sp³-hybridized carbons (Fsp3) is 0.200. The summed E-state index contributed by atoms with van der Waals surface area (Å²) in [6, 6.07) is 16.4. The molecule has 0 saturated carbocycles. The topological polar surface area (TPSA) is 9.23 Å². The van der Waals surface area contributed by atoms with E-state index in [0.29, 0.717) is 12.2 Å². The lowest BCUT2D eigenvalue weighted by Crippen LogP contribution is -2.08. The standard InChI is InChI=1S/C15H15FO/c1-2-17-15(12-8-4-3-5-9-12)13-10-6-7-11-14(13)16/h3-11,15H,2H2,1H3. The van der Waals surface area contributed by atoms with Gasteiger partial charge in [0.25, 0.3) is 0 Å². The molecule has 0 heterocycles. The zero-order chi connectivity index (χ0) is 12.1. The molecule has 0 aliphatic carbocycles. The molecule has 0 fully saturated rings. The summed E-state index contributed by atoms with van der Waals surface area (Å²) in [4.78, 5) is 0. The molecule has 0 aliphatic heterocycles. The van der Waals surface area contributed by atoms with E-state index in [9.17, 15) is 4.39 Å². The molecule has 2 aromatic carbocycles. The average Bonchev–Trinajstić information content (AvgIpc) is 2.38. The third-order valence-corrected chi connectivity index (χ3v) is 2.62. The molecular weight excluding hydrogens is 215 g/mol. The molecule has 0 N–H and O–H groups in total. The molecule has 2 heteroatoms. The summed E-state index contributed by atoms with van der Waals surface area (Å²) in [7, 11) is 0. The van der Waals surface area contributed by atoms with E-state index in [4.69, 9.17) is 4.74 Å². The van der Waals surface area contributed by atoms with Crippen molar-refractivity contribution in [2.75, 3.05) is 6.61 Å². The van der Waals surface area contributed by atoms with Crippen molar-refractivity contribution in [2.24, 2.45) is 0 Å². The van der Waals surface area contributed by atoms with E-state index in [0.717, 1.165) is 5.56 Å². The fourth-order valence-electron chi connectivity index (χ4n) is 1.85. The van der Waals surface area contributed by atoms with Gasteiger partial charge < -0.3 is 4.74 Å². The fourth-order valence-corrected chi connectivity index (χ4v) is 1.85. The highest BCUT2D eigenvalue weighted by molar-refractivity contribution is 5.30. The highest BCUT2D eigenvalue weighted by Crippen LogP contribution is 2.27. The van der Waals surface area contributed by atoms with Gasteiger partial charge >= 0.3 is 0 Å². The molecule has 2 aromatic rings. The van der Waals surface area contributed by atoms with Gasteiger partial charge in [0, 0.05) is 12.2 Å². The van der Waals surface area contributed by atoms with Crippen molar-refractivity contribution in [3.63, 3.8) is 0 Å². The maximum Gasteiger partial charge on any atom is 0.129 e. The Kier molecular flexibility index (Phi) is 3.89. The Morgan fingerprint density at radius 2 is 1.65 bits per heavy atom. The van der Waals surface area contributed by atoms with Crippen molar-refractivity contribution < 1.29 is 9.13 Å². The van der Waals surface area contributed by atoms with Gasteiger partial charge in [-0.15, -0.1) is 0 Å². The van der Waals surface area contributed by atoms with Gasteiger partial charge in [0.1, 0.15) is 11.9 Å². The van der Waals surface area contributed by atoms with Gasteiger partial charge in [-0.2, -0.15) is 0 Å². The van der Waals surface area contributed by atoms with Crippen molar-refractivity contribution in [1.29, 1.82) is 0 Å². The number of benzene rings is 2. The summed E-state index contributed by atoms with van der Waals surface area (Å²) in [6.07, 6.45) is -0.331. The zero-order valence-corrected chi connectivity index (χ0v) is 9.77. The zero-order valence-electron chi connectivity index (χ0n) is 9.77. The number of hydrogen-bond acceptors (Lipinski definition) is 1. The smallest absolute Gasteiger partial charge is 0.129 e. The van der Waals surface area contributed by atoms with Crippen LogP contribution in [0.5, 0.6) is 0 Å². The number of rotatable bonds is 4. The molecule has 0 saturated heterocycles. The maximum atomic E-state index is 13.8. The lowest BCUT2D eigenvalue weighted by atomic mass is 10.0. The number of halogens is 1. The average molecular weight is 230 g/mol. The molecule has 2 rings (SSSR count). The molecule has 0 spiro atoms. The third kappa shape index (κ3) is 2.71. The molecule has 88 valence electrons. The van der Waals surface area contributed by atoms with Gasteiger partial charge in [0.2, 0.25) is 0 Å². The van der Waals surface area contributed by atoms with Crippen LogP contribution in [0.15, 0.2) is 54.6 Å². The minimum Gasteiger partial charge on any atom is -0.369 e. The summed E-state index contributed by atoms with van der Waals surface area (Å²) in [5, 5.41) is 0. The molecule has 0 radical (unpaired) electrons. The van der Waals surface area contributed by atoms with Crippen LogP contribution >= 0.6 is 0 Å². The van der Waals surface area contributed by atoms with E-state index in [1.54, 1.807) is 12.1 Å². The van der Waals surface area contributed by atoms with Gasteiger partial charge in [-0.25, -0.2) is 4.39 Å². The van der Waals surface area contributed by atoms with Crippen LogP contribution in [0.25, 0.3) is 0 Å². The highest BCUT2D eigenvalue weighted by Gasteiger charge is 2.17. The quantitative estimate of drug-likeness (QED) is 0.772. The number of hydrogen-bond donors (Lipinski definition) is 0. The van der Waals surface area contributed by atoms with E-state index in [1.807, 2.05) is 43.3 Å². The van der Waals surface area contributed by atoms with Gasteiger partial charge in [0.05, 0.1) is 0 Å². The Labute approximate surface area is 101 Å². The predicted octanol–water partition coefficient (Wildman–Crippen LogP) is 3.95. The van der Waals surface area contributed by atoms with Crippen molar-refractivity contribution in [1.82, 2.24) is 0 Å². The second-order valence-corrected chi connectivity index (χ2v) is 3.77. The van der Waals surface area contributed by atoms with Gasteiger partial charge in [0.15, 0.2) is 0 Å². The lowest BCUT2D eigenvalue weighted by molar-refractivity contribution is 0.0887. The second-order valence-electron chi connectivity index (χ2n) is 3.77. The van der Waals surface area contributed by atoms with E-state index in [2.05, 4.69) is 0 Å². The van der Waals surface area contributed by atoms with Crippen LogP contribution < -0.4 is 0 Å².